The van der Waals surface area contributed by atoms with Gasteiger partial charge in [-0.3, -0.25) is 4.79 Å². The summed E-state index contributed by atoms with van der Waals surface area (Å²) in [4.78, 5) is 13.0. The van der Waals surface area contributed by atoms with Crippen LogP contribution < -0.4 is 5.32 Å². The third-order valence-electron chi connectivity index (χ3n) is 12.1. The summed E-state index contributed by atoms with van der Waals surface area (Å²) in [6, 6.07) is -0.798. The zero-order valence-electron chi connectivity index (χ0n) is 37.8. The first-order chi connectivity index (χ1) is 28.3. The number of unbranched alkanes of at least 4 members (excludes halogenated alkanes) is 32. The van der Waals surface area contributed by atoms with Crippen LogP contribution in [0.3, 0.4) is 0 Å². The molecule has 6 N–H and O–H groups in total. The Balaban J connectivity index is 2.29. The number of aliphatic hydroxyl groups excluding tert-OH is 5. The van der Waals surface area contributed by atoms with Crippen molar-refractivity contribution in [3.8, 4) is 0 Å². The van der Waals surface area contributed by atoms with E-state index in [1.54, 1.807) is 6.08 Å². The molecule has 9 nitrogen and oxygen atoms in total. The molecule has 0 radical (unpaired) electrons. The third-order valence-corrected chi connectivity index (χ3v) is 12.1. The molecule has 0 aromatic carbocycles. The minimum atomic E-state index is -1.56. The van der Waals surface area contributed by atoms with Crippen LogP contribution in [0.2, 0.25) is 0 Å². The highest BCUT2D eigenvalue weighted by molar-refractivity contribution is 5.76. The first kappa shape index (κ1) is 54.9. The maximum absolute atomic E-state index is 13.0. The normalized spacial score (nSPS) is 20.8. The van der Waals surface area contributed by atoms with E-state index in [1.807, 2.05) is 6.08 Å². The number of hydrogen-bond donors (Lipinski definition) is 6. The summed E-state index contributed by atoms with van der Waals surface area (Å²) in [7, 11) is 0. The third kappa shape index (κ3) is 30.0. The first-order valence-corrected chi connectivity index (χ1v) is 24.9. The number of allylic oxidation sites excluding steroid dienone is 1. The Labute approximate surface area is 356 Å². The van der Waals surface area contributed by atoms with Gasteiger partial charge < -0.3 is 40.3 Å². The average molecular weight is 826 g/mol. The topological polar surface area (TPSA) is 149 Å². The molecule has 58 heavy (non-hydrogen) atoms. The van der Waals surface area contributed by atoms with Gasteiger partial charge in [0.15, 0.2) is 6.29 Å². The van der Waals surface area contributed by atoms with Crippen molar-refractivity contribution in [1.29, 1.82) is 0 Å². The molecule has 7 atom stereocenters. The van der Waals surface area contributed by atoms with Gasteiger partial charge in [0, 0.05) is 6.42 Å². The first-order valence-electron chi connectivity index (χ1n) is 24.9. The van der Waals surface area contributed by atoms with Crippen LogP contribution in [0, 0.1) is 0 Å². The Morgan fingerprint density at radius 3 is 1.34 bits per heavy atom. The Morgan fingerprint density at radius 1 is 0.569 bits per heavy atom. The maximum Gasteiger partial charge on any atom is 0.220 e. The number of rotatable bonds is 42. The highest BCUT2D eigenvalue weighted by Gasteiger charge is 2.44. The number of ether oxygens (including phenoxy) is 2. The van der Waals surface area contributed by atoms with Crippen LogP contribution >= 0.6 is 0 Å². The van der Waals surface area contributed by atoms with Crippen LogP contribution in [0.1, 0.15) is 239 Å². The summed E-state index contributed by atoms with van der Waals surface area (Å²) < 4.78 is 11.2. The molecule has 1 aliphatic rings. The van der Waals surface area contributed by atoms with Gasteiger partial charge in [-0.05, 0) is 19.3 Å². The van der Waals surface area contributed by atoms with Gasteiger partial charge in [0.05, 0.1) is 25.4 Å². The summed E-state index contributed by atoms with van der Waals surface area (Å²) in [6.45, 7) is 3.79. The Morgan fingerprint density at radius 2 is 0.948 bits per heavy atom. The Kier molecular flexibility index (Phi) is 37.9. The van der Waals surface area contributed by atoms with Crippen LogP contribution in [-0.2, 0) is 14.3 Å². The minimum Gasteiger partial charge on any atom is -0.394 e. The fourth-order valence-electron chi connectivity index (χ4n) is 8.10. The lowest BCUT2D eigenvalue weighted by Crippen LogP contribution is -2.60. The summed E-state index contributed by atoms with van der Waals surface area (Å²) in [5.41, 5.74) is 0. The van der Waals surface area contributed by atoms with E-state index in [4.69, 9.17) is 9.47 Å². The van der Waals surface area contributed by atoms with Gasteiger partial charge in [0.25, 0.3) is 0 Å². The van der Waals surface area contributed by atoms with Gasteiger partial charge in [-0.1, -0.05) is 225 Å². The summed E-state index contributed by atoms with van der Waals surface area (Å²) in [6.07, 6.45) is 39.7. The lowest BCUT2D eigenvalue weighted by atomic mass is 9.99. The number of carbonyl (C=O) groups is 1. The van der Waals surface area contributed by atoms with Crippen LogP contribution in [-0.4, -0.2) is 87.5 Å². The summed E-state index contributed by atoms with van der Waals surface area (Å²) >= 11 is 0. The molecule has 1 rings (SSSR count). The van der Waals surface area contributed by atoms with Crippen molar-refractivity contribution in [2.24, 2.45) is 0 Å². The molecule has 1 saturated heterocycles. The molecular weight excluding hydrogens is 731 g/mol. The van der Waals surface area contributed by atoms with Gasteiger partial charge >= 0.3 is 0 Å². The number of aliphatic hydroxyl groups is 5. The molecular formula is C49H95NO8. The van der Waals surface area contributed by atoms with Gasteiger partial charge in [-0.25, -0.2) is 0 Å². The monoisotopic (exact) mass is 826 g/mol. The van der Waals surface area contributed by atoms with E-state index >= 15 is 0 Å². The molecule has 344 valence electrons. The minimum absolute atomic E-state index is 0.174. The predicted octanol–water partition coefficient (Wildman–Crippen LogP) is 10.9. The molecule has 0 bridgehead atoms. The number of amides is 1. The van der Waals surface area contributed by atoms with Gasteiger partial charge in [-0.2, -0.15) is 0 Å². The van der Waals surface area contributed by atoms with Crippen LogP contribution in [0.25, 0.3) is 0 Å². The lowest BCUT2D eigenvalue weighted by molar-refractivity contribution is -0.302. The molecule has 7 unspecified atom stereocenters. The molecule has 0 spiro atoms. The molecule has 1 amide bonds. The lowest BCUT2D eigenvalue weighted by Gasteiger charge is -2.40. The second-order valence-electron chi connectivity index (χ2n) is 17.6. The molecule has 0 aliphatic carbocycles. The smallest absolute Gasteiger partial charge is 0.220 e. The van der Waals surface area contributed by atoms with Crippen molar-refractivity contribution in [3.63, 3.8) is 0 Å². The maximum atomic E-state index is 13.0. The van der Waals surface area contributed by atoms with E-state index in [0.717, 1.165) is 38.5 Å². The van der Waals surface area contributed by atoms with Crippen molar-refractivity contribution in [2.45, 2.75) is 281 Å². The zero-order valence-corrected chi connectivity index (χ0v) is 37.8. The molecule has 0 aromatic rings. The fourth-order valence-corrected chi connectivity index (χ4v) is 8.10. The van der Waals surface area contributed by atoms with Gasteiger partial charge in [-0.15, -0.1) is 0 Å². The van der Waals surface area contributed by atoms with Crippen LogP contribution in [0.4, 0.5) is 0 Å². The predicted molar refractivity (Wildman–Crippen MR) is 240 cm³/mol. The van der Waals surface area contributed by atoms with E-state index in [-0.39, 0.29) is 12.5 Å². The van der Waals surface area contributed by atoms with Gasteiger partial charge in [0.2, 0.25) is 5.91 Å². The van der Waals surface area contributed by atoms with Gasteiger partial charge in [0.1, 0.15) is 24.4 Å². The standard InChI is InChI=1S/C49H95NO8/c1-3-5-7-9-11-13-15-17-19-20-21-22-23-24-25-26-28-30-32-34-36-38-43(52)42(41-57-49-48(56)47(55)46(54)44(40-51)58-49)50-45(53)39-37-35-33-31-29-27-18-16-14-12-10-8-6-4-2/h36,38,42-44,46-49,51-52,54-56H,3-35,37,39-41H2,1-2H3,(H,50,53)/b38-36+. The number of nitrogens with one attached hydrogen (secondary N) is 1. The van der Waals surface area contributed by atoms with Crippen molar-refractivity contribution < 1.29 is 39.8 Å². The van der Waals surface area contributed by atoms with E-state index in [9.17, 15) is 30.3 Å². The average Bonchev–Trinajstić information content (AvgIpc) is 3.22. The summed E-state index contributed by atoms with van der Waals surface area (Å²) in [5, 5.41) is 54.3. The Bertz CT molecular complexity index is 919. The fraction of sp³-hybridized carbons (Fsp3) is 0.939. The molecule has 1 aliphatic heterocycles. The second-order valence-corrected chi connectivity index (χ2v) is 17.6. The van der Waals surface area contributed by atoms with Crippen molar-refractivity contribution in [1.82, 2.24) is 5.32 Å². The van der Waals surface area contributed by atoms with Crippen molar-refractivity contribution in [2.75, 3.05) is 13.2 Å². The van der Waals surface area contributed by atoms with Crippen LogP contribution in [0.15, 0.2) is 12.2 Å². The number of carbonyl (C=O) groups excluding carboxylic acids is 1. The zero-order chi connectivity index (χ0) is 42.3. The van der Waals surface area contributed by atoms with Crippen molar-refractivity contribution >= 4 is 5.91 Å². The summed E-state index contributed by atoms with van der Waals surface area (Å²) in [5.74, 6) is -0.174. The Hall–Kier alpha value is -1.07. The van der Waals surface area contributed by atoms with E-state index in [2.05, 4.69) is 19.2 Å². The highest BCUT2D eigenvalue weighted by Crippen LogP contribution is 2.23. The number of hydrogen-bond acceptors (Lipinski definition) is 8. The SMILES string of the molecule is CCCCCCCCCCCCCCCCCCCCC/C=C/C(O)C(COC1OC(CO)C(O)C(O)C1O)NC(=O)CCCCCCCCCCCCCCCC. The van der Waals surface area contributed by atoms with E-state index < -0.39 is 49.5 Å². The van der Waals surface area contributed by atoms with Crippen LogP contribution in [0.5, 0.6) is 0 Å². The highest BCUT2D eigenvalue weighted by atomic mass is 16.7. The van der Waals surface area contributed by atoms with Crippen molar-refractivity contribution in [3.05, 3.63) is 12.2 Å². The molecule has 9 heteroatoms. The molecule has 1 heterocycles. The van der Waals surface area contributed by atoms with E-state index in [0.29, 0.717) is 6.42 Å². The molecule has 1 fully saturated rings. The van der Waals surface area contributed by atoms with E-state index in [1.165, 1.54) is 180 Å². The second kappa shape index (κ2) is 40.0. The molecule has 0 aromatic heterocycles. The molecule has 0 saturated carbocycles. The largest absolute Gasteiger partial charge is 0.394 e. The quantitative estimate of drug-likeness (QED) is 0.0263.